The van der Waals surface area contributed by atoms with Crippen LogP contribution in [0.1, 0.15) is 20.3 Å². The highest BCUT2D eigenvalue weighted by Gasteiger charge is 2.15. The number of aliphatic hydroxyl groups excluding tert-OH is 1. The van der Waals surface area contributed by atoms with Crippen molar-refractivity contribution >= 4 is 45.0 Å². The molecule has 0 aliphatic carbocycles. The van der Waals surface area contributed by atoms with Crippen LogP contribution in [0, 0.1) is 0 Å². The van der Waals surface area contributed by atoms with E-state index in [0.717, 1.165) is 28.2 Å². The summed E-state index contributed by atoms with van der Waals surface area (Å²) in [7, 11) is 0. The van der Waals surface area contributed by atoms with Gasteiger partial charge in [0.25, 0.3) is 0 Å². The fourth-order valence-corrected chi connectivity index (χ4v) is 3.35. The molecule has 3 nitrogen and oxygen atoms in total. The van der Waals surface area contributed by atoms with Gasteiger partial charge in [0.1, 0.15) is 0 Å². The van der Waals surface area contributed by atoms with Crippen molar-refractivity contribution in [1.82, 2.24) is 9.88 Å². The summed E-state index contributed by atoms with van der Waals surface area (Å²) >= 11 is 12.3. The molecule has 2 aromatic carbocycles. The normalized spacial score (nSPS) is 14.4. The number of rotatable bonds is 6. The minimum atomic E-state index is -0.468. The number of benzene rings is 2. The van der Waals surface area contributed by atoms with Gasteiger partial charge in [0.05, 0.1) is 12.6 Å². The van der Waals surface area contributed by atoms with Crippen LogP contribution in [0.4, 0.5) is 0 Å². The van der Waals surface area contributed by atoms with E-state index < -0.39 is 6.10 Å². The molecule has 1 heterocycles. The molecule has 0 radical (unpaired) electrons. The molecule has 2 atom stereocenters. The first kappa shape index (κ1) is 17.6. The number of fused-ring (bicyclic) bond motifs is 3. The third kappa shape index (κ3) is 3.55. The van der Waals surface area contributed by atoms with Gasteiger partial charge in [-0.2, -0.15) is 0 Å². The van der Waals surface area contributed by atoms with Crippen molar-refractivity contribution in [3.63, 3.8) is 0 Å². The smallest absolute Gasteiger partial charge is 0.0843 e. The molecule has 3 aromatic rings. The van der Waals surface area contributed by atoms with E-state index in [0.29, 0.717) is 29.2 Å². The Morgan fingerprint density at radius 2 is 1.58 bits per heavy atom. The SMILES string of the molecule is CC[C@@H](C)NC[C@@H](O)Cn1c2ccc(Cl)cc2c2cc(Cl)ccc21. The second kappa shape index (κ2) is 7.32. The number of aromatic nitrogens is 1. The van der Waals surface area contributed by atoms with Gasteiger partial charge in [0, 0.05) is 44.4 Å². The van der Waals surface area contributed by atoms with Gasteiger partial charge >= 0.3 is 0 Å². The Labute approximate surface area is 152 Å². The van der Waals surface area contributed by atoms with Crippen LogP contribution in [0.25, 0.3) is 21.8 Å². The predicted molar refractivity (Wildman–Crippen MR) is 103 cm³/mol. The van der Waals surface area contributed by atoms with Crippen LogP contribution in [-0.2, 0) is 6.54 Å². The minimum Gasteiger partial charge on any atom is -0.390 e. The van der Waals surface area contributed by atoms with Crippen LogP contribution in [-0.4, -0.2) is 28.4 Å². The third-order valence-corrected chi connectivity index (χ3v) is 4.97. The Hall–Kier alpha value is -1.26. The number of hydrogen-bond acceptors (Lipinski definition) is 2. The van der Waals surface area contributed by atoms with Gasteiger partial charge in [-0.15, -0.1) is 0 Å². The maximum atomic E-state index is 10.5. The van der Waals surface area contributed by atoms with Crippen LogP contribution in [0.15, 0.2) is 36.4 Å². The lowest BCUT2D eigenvalue weighted by atomic mass is 10.1. The topological polar surface area (TPSA) is 37.2 Å². The molecule has 0 spiro atoms. The van der Waals surface area contributed by atoms with Crippen molar-refractivity contribution in [2.45, 2.75) is 39.0 Å². The minimum absolute atomic E-state index is 0.399. The van der Waals surface area contributed by atoms with Crippen molar-refractivity contribution in [3.05, 3.63) is 46.4 Å². The summed E-state index contributed by atoms with van der Waals surface area (Å²) in [5.41, 5.74) is 2.11. The highest BCUT2D eigenvalue weighted by Crippen LogP contribution is 2.32. The number of halogens is 2. The molecule has 3 rings (SSSR count). The molecular weight excluding hydrogens is 343 g/mol. The Morgan fingerprint density at radius 3 is 2.08 bits per heavy atom. The van der Waals surface area contributed by atoms with E-state index in [2.05, 4.69) is 23.7 Å². The maximum absolute atomic E-state index is 10.5. The first-order valence-corrected chi connectivity index (χ1v) is 9.03. The third-order valence-electron chi connectivity index (χ3n) is 4.50. The van der Waals surface area contributed by atoms with Crippen LogP contribution >= 0.6 is 23.2 Å². The first-order valence-electron chi connectivity index (χ1n) is 8.28. The monoisotopic (exact) mass is 364 g/mol. The van der Waals surface area contributed by atoms with E-state index >= 15 is 0 Å². The highest BCUT2D eigenvalue weighted by molar-refractivity contribution is 6.33. The molecule has 0 aliphatic heterocycles. The van der Waals surface area contributed by atoms with E-state index in [4.69, 9.17) is 23.2 Å². The second-order valence-electron chi connectivity index (χ2n) is 6.30. The van der Waals surface area contributed by atoms with Gasteiger partial charge in [-0.1, -0.05) is 30.1 Å². The zero-order valence-electron chi connectivity index (χ0n) is 13.9. The van der Waals surface area contributed by atoms with Crippen LogP contribution in [0.3, 0.4) is 0 Å². The zero-order valence-corrected chi connectivity index (χ0v) is 15.4. The number of nitrogens with zero attached hydrogens (tertiary/aromatic N) is 1. The molecule has 0 saturated carbocycles. The largest absolute Gasteiger partial charge is 0.390 e. The summed E-state index contributed by atoms with van der Waals surface area (Å²) in [6, 6.07) is 12.1. The number of nitrogens with one attached hydrogen (secondary N) is 1. The first-order chi connectivity index (χ1) is 11.5. The summed E-state index contributed by atoms with van der Waals surface area (Å²) in [5, 5.41) is 17.3. The van der Waals surface area contributed by atoms with E-state index in [1.807, 2.05) is 36.4 Å². The Bertz CT molecular complexity index is 800. The fourth-order valence-electron chi connectivity index (χ4n) is 3.00. The summed E-state index contributed by atoms with van der Waals surface area (Å²) in [6.45, 7) is 5.34. The Balaban J connectivity index is 1.99. The van der Waals surface area contributed by atoms with Crippen LogP contribution in [0.5, 0.6) is 0 Å². The molecular formula is C19H22Cl2N2O. The van der Waals surface area contributed by atoms with Gasteiger partial charge in [0.2, 0.25) is 0 Å². The average molecular weight is 365 g/mol. The van der Waals surface area contributed by atoms with Crippen molar-refractivity contribution in [2.75, 3.05) is 6.54 Å². The van der Waals surface area contributed by atoms with Crippen molar-refractivity contribution in [1.29, 1.82) is 0 Å². The quantitative estimate of drug-likeness (QED) is 0.655. The lowest BCUT2D eigenvalue weighted by Gasteiger charge is -2.17. The molecule has 2 N–H and O–H groups in total. The molecule has 128 valence electrons. The molecule has 0 fully saturated rings. The summed E-state index contributed by atoms with van der Waals surface area (Å²) in [4.78, 5) is 0. The lowest BCUT2D eigenvalue weighted by molar-refractivity contribution is 0.150. The van der Waals surface area contributed by atoms with Gasteiger partial charge < -0.3 is 15.0 Å². The molecule has 0 bridgehead atoms. The van der Waals surface area contributed by atoms with E-state index in [1.54, 1.807) is 0 Å². The summed E-state index contributed by atoms with van der Waals surface area (Å²) in [5.74, 6) is 0. The van der Waals surface area contributed by atoms with E-state index in [9.17, 15) is 5.11 Å². The van der Waals surface area contributed by atoms with Crippen molar-refractivity contribution in [3.8, 4) is 0 Å². The van der Waals surface area contributed by atoms with Gasteiger partial charge in [-0.05, 0) is 49.7 Å². The average Bonchev–Trinajstić information content (AvgIpc) is 2.85. The second-order valence-corrected chi connectivity index (χ2v) is 7.18. The molecule has 1 aromatic heterocycles. The van der Waals surface area contributed by atoms with Crippen LogP contribution in [0.2, 0.25) is 10.0 Å². The molecule has 5 heteroatoms. The lowest BCUT2D eigenvalue weighted by Crippen LogP contribution is -2.35. The molecule has 0 saturated heterocycles. The number of hydrogen-bond donors (Lipinski definition) is 2. The van der Waals surface area contributed by atoms with E-state index in [-0.39, 0.29) is 0 Å². The zero-order chi connectivity index (χ0) is 17.3. The standard InChI is InChI=1S/C19H22Cl2N2O/c1-3-12(2)22-10-15(24)11-23-18-6-4-13(20)8-16(18)17-9-14(21)5-7-19(17)23/h4-9,12,15,22,24H,3,10-11H2,1-2H3/t12-,15-/m1/s1. The number of aliphatic hydroxyl groups is 1. The molecule has 0 amide bonds. The summed E-state index contributed by atoms with van der Waals surface area (Å²) in [6.07, 6.45) is 0.572. The molecule has 0 unspecified atom stereocenters. The van der Waals surface area contributed by atoms with E-state index in [1.165, 1.54) is 0 Å². The summed E-state index contributed by atoms with van der Waals surface area (Å²) < 4.78 is 2.14. The van der Waals surface area contributed by atoms with Crippen molar-refractivity contribution in [2.24, 2.45) is 0 Å². The molecule has 24 heavy (non-hydrogen) atoms. The Morgan fingerprint density at radius 1 is 1.04 bits per heavy atom. The van der Waals surface area contributed by atoms with Gasteiger partial charge in [-0.3, -0.25) is 0 Å². The van der Waals surface area contributed by atoms with Crippen molar-refractivity contribution < 1.29 is 5.11 Å². The van der Waals surface area contributed by atoms with Gasteiger partial charge in [-0.25, -0.2) is 0 Å². The maximum Gasteiger partial charge on any atom is 0.0843 e. The predicted octanol–water partition coefficient (Wildman–Crippen LogP) is 4.85. The van der Waals surface area contributed by atoms with Crippen LogP contribution < -0.4 is 5.32 Å². The highest BCUT2D eigenvalue weighted by atomic mass is 35.5. The fraction of sp³-hybridized carbons (Fsp3) is 0.368. The Kier molecular flexibility index (Phi) is 5.36. The van der Waals surface area contributed by atoms with Gasteiger partial charge in [0.15, 0.2) is 0 Å². The molecule has 0 aliphatic rings.